The van der Waals surface area contributed by atoms with Crippen molar-refractivity contribution in [1.29, 1.82) is 0 Å². The largest absolute Gasteiger partial charge is 0.420 e. The number of imidazole rings is 1. The van der Waals surface area contributed by atoms with Crippen molar-refractivity contribution >= 4 is 23.4 Å². The molecule has 2 aromatic carbocycles. The topological polar surface area (TPSA) is 56.7 Å². The molecule has 2 aromatic heterocycles. The van der Waals surface area contributed by atoms with Gasteiger partial charge in [-0.1, -0.05) is 41.6 Å². The second kappa shape index (κ2) is 8.05. The molecule has 7 heteroatoms. The first-order valence-electron chi connectivity index (χ1n) is 9.65. The number of benzene rings is 2. The van der Waals surface area contributed by atoms with Gasteiger partial charge in [-0.2, -0.15) is 0 Å². The Morgan fingerprint density at radius 1 is 0.966 bits per heavy atom. The molecule has 0 saturated heterocycles. The summed E-state index contributed by atoms with van der Waals surface area (Å²) in [5.74, 6) is 1.66. The van der Waals surface area contributed by atoms with Crippen LogP contribution in [0.1, 0.15) is 30.1 Å². The summed E-state index contributed by atoms with van der Waals surface area (Å²) in [4.78, 5) is 4.94. The van der Waals surface area contributed by atoms with Gasteiger partial charge in [0.2, 0.25) is 11.8 Å². The number of aromatic nitrogens is 4. The molecule has 0 saturated carbocycles. The van der Waals surface area contributed by atoms with Crippen molar-refractivity contribution < 1.29 is 4.42 Å². The van der Waals surface area contributed by atoms with E-state index in [4.69, 9.17) is 21.0 Å². The molecule has 1 aliphatic rings. The van der Waals surface area contributed by atoms with Gasteiger partial charge in [-0.15, -0.1) is 10.2 Å². The molecule has 0 fully saturated rings. The third kappa shape index (κ3) is 3.82. The predicted molar refractivity (Wildman–Crippen MR) is 115 cm³/mol. The fourth-order valence-corrected chi connectivity index (χ4v) is 4.62. The van der Waals surface area contributed by atoms with Crippen molar-refractivity contribution in [3.63, 3.8) is 0 Å². The van der Waals surface area contributed by atoms with Gasteiger partial charge in [0.05, 0.1) is 11.4 Å². The number of halogens is 1. The van der Waals surface area contributed by atoms with Crippen LogP contribution in [0.5, 0.6) is 0 Å². The van der Waals surface area contributed by atoms with Crippen molar-refractivity contribution in [1.82, 2.24) is 19.7 Å². The fourth-order valence-electron chi connectivity index (χ4n) is 3.60. The third-order valence-electron chi connectivity index (χ3n) is 5.00. The first kappa shape index (κ1) is 18.5. The van der Waals surface area contributed by atoms with Gasteiger partial charge >= 0.3 is 0 Å². The average molecular weight is 423 g/mol. The number of para-hydroxylation sites is 1. The van der Waals surface area contributed by atoms with Crippen LogP contribution in [0.25, 0.3) is 17.1 Å². The molecule has 0 spiro atoms. The van der Waals surface area contributed by atoms with Crippen molar-refractivity contribution in [3.8, 4) is 17.1 Å². The minimum Gasteiger partial charge on any atom is -0.420 e. The molecule has 0 unspecified atom stereocenters. The van der Waals surface area contributed by atoms with Gasteiger partial charge < -0.3 is 4.42 Å². The number of hydrogen-bond acceptors (Lipinski definition) is 5. The third-order valence-corrected chi connectivity index (χ3v) is 6.17. The number of thioether (sulfide) groups is 1. The van der Waals surface area contributed by atoms with Gasteiger partial charge in [-0.25, -0.2) is 4.98 Å². The van der Waals surface area contributed by atoms with Crippen LogP contribution in [-0.2, 0) is 18.6 Å². The molecule has 0 aliphatic heterocycles. The maximum atomic E-state index is 5.95. The molecule has 0 bridgehead atoms. The predicted octanol–water partition coefficient (Wildman–Crippen LogP) is 5.75. The summed E-state index contributed by atoms with van der Waals surface area (Å²) >= 11 is 7.58. The lowest BCUT2D eigenvalue weighted by Gasteiger charge is -2.15. The van der Waals surface area contributed by atoms with E-state index in [1.54, 1.807) is 11.8 Å². The highest BCUT2D eigenvalue weighted by Crippen LogP contribution is 2.32. The Balaban J connectivity index is 1.40. The van der Waals surface area contributed by atoms with Crippen LogP contribution in [0.15, 0.2) is 64.2 Å². The zero-order valence-electron chi connectivity index (χ0n) is 15.7. The van der Waals surface area contributed by atoms with Crippen LogP contribution >= 0.6 is 23.4 Å². The Morgan fingerprint density at radius 3 is 2.59 bits per heavy atom. The lowest BCUT2D eigenvalue weighted by molar-refractivity contribution is 0.528. The molecule has 0 N–H and O–H groups in total. The SMILES string of the molecule is Clc1ccc(-c2nnc(CSc3nc4c(n3-c3ccccc3)CCCC4)o2)cc1. The lowest BCUT2D eigenvalue weighted by Crippen LogP contribution is -2.07. The Kier molecular flexibility index (Phi) is 5.12. The van der Waals surface area contributed by atoms with Gasteiger partial charge in [0.1, 0.15) is 0 Å². The summed E-state index contributed by atoms with van der Waals surface area (Å²) < 4.78 is 8.14. The van der Waals surface area contributed by atoms with Crippen LogP contribution in [0.2, 0.25) is 5.02 Å². The summed E-state index contributed by atoms with van der Waals surface area (Å²) in [5.41, 5.74) is 4.56. The molecule has 4 aromatic rings. The van der Waals surface area contributed by atoms with E-state index in [0.29, 0.717) is 22.6 Å². The fraction of sp³-hybridized carbons (Fsp3) is 0.227. The highest BCUT2D eigenvalue weighted by atomic mass is 35.5. The van der Waals surface area contributed by atoms with Crippen LogP contribution in [-0.4, -0.2) is 19.7 Å². The number of nitrogens with zero attached hydrogens (tertiary/aromatic N) is 4. The minimum atomic E-state index is 0.503. The monoisotopic (exact) mass is 422 g/mol. The first-order valence-corrected chi connectivity index (χ1v) is 11.0. The van der Waals surface area contributed by atoms with E-state index in [2.05, 4.69) is 39.0 Å². The Morgan fingerprint density at radius 2 is 1.76 bits per heavy atom. The summed E-state index contributed by atoms with van der Waals surface area (Å²) in [6, 6.07) is 17.8. The number of fused-ring (bicyclic) bond motifs is 1. The van der Waals surface area contributed by atoms with Crippen LogP contribution in [0.3, 0.4) is 0 Å². The second-order valence-corrected chi connectivity index (χ2v) is 8.34. The number of rotatable bonds is 5. The highest BCUT2D eigenvalue weighted by Gasteiger charge is 2.22. The van der Waals surface area contributed by atoms with Crippen LogP contribution in [0, 0.1) is 0 Å². The van der Waals surface area contributed by atoms with E-state index in [-0.39, 0.29) is 0 Å². The van der Waals surface area contributed by atoms with E-state index in [0.717, 1.165) is 29.2 Å². The minimum absolute atomic E-state index is 0.503. The Labute approximate surface area is 178 Å². The number of hydrogen-bond donors (Lipinski definition) is 0. The quantitative estimate of drug-likeness (QED) is 0.383. The Hall–Kier alpha value is -2.57. The molecule has 5 rings (SSSR count). The van der Waals surface area contributed by atoms with Crippen LogP contribution < -0.4 is 0 Å². The molecular weight excluding hydrogens is 404 g/mol. The summed E-state index contributed by atoms with van der Waals surface area (Å²) in [6.07, 6.45) is 4.53. The van der Waals surface area contributed by atoms with E-state index < -0.39 is 0 Å². The lowest BCUT2D eigenvalue weighted by atomic mass is 10.0. The molecule has 5 nitrogen and oxygen atoms in total. The molecule has 1 aliphatic carbocycles. The van der Waals surface area contributed by atoms with Crippen molar-refractivity contribution in [2.45, 2.75) is 36.6 Å². The smallest absolute Gasteiger partial charge is 0.247 e. The van der Waals surface area contributed by atoms with E-state index >= 15 is 0 Å². The summed E-state index contributed by atoms with van der Waals surface area (Å²) in [7, 11) is 0. The van der Waals surface area contributed by atoms with Gasteiger partial charge in [0, 0.05) is 22.0 Å². The van der Waals surface area contributed by atoms with E-state index in [1.165, 1.54) is 24.2 Å². The zero-order valence-corrected chi connectivity index (χ0v) is 17.3. The van der Waals surface area contributed by atoms with Crippen LogP contribution in [0.4, 0.5) is 0 Å². The van der Waals surface area contributed by atoms with Crippen molar-refractivity contribution in [2.75, 3.05) is 0 Å². The van der Waals surface area contributed by atoms with Gasteiger partial charge in [0.25, 0.3) is 0 Å². The maximum absolute atomic E-state index is 5.95. The van der Waals surface area contributed by atoms with Crippen molar-refractivity contribution in [3.05, 3.63) is 76.9 Å². The number of aryl methyl sites for hydroxylation is 1. The van der Waals surface area contributed by atoms with E-state index in [9.17, 15) is 0 Å². The molecule has 0 amide bonds. The van der Waals surface area contributed by atoms with E-state index in [1.807, 2.05) is 30.3 Å². The summed E-state index contributed by atoms with van der Waals surface area (Å²) in [6.45, 7) is 0. The van der Waals surface area contributed by atoms with Crippen molar-refractivity contribution in [2.24, 2.45) is 0 Å². The molecule has 146 valence electrons. The van der Waals surface area contributed by atoms with Gasteiger partial charge in [0.15, 0.2) is 5.16 Å². The van der Waals surface area contributed by atoms with Gasteiger partial charge in [-0.05, 0) is 62.1 Å². The molecule has 2 heterocycles. The summed E-state index contributed by atoms with van der Waals surface area (Å²) in [5, 5.41) is 10.0. The first-order chi connectivity index (χ1) is 14.3. The highest BCUT2D eigenvalue weighted by molar-refractivity contribution is 7.98. The Bertz CT molecular complexity index is 1120. The standard InChI is InChI=1S/C22H19ClN4OS/c23-16-12-10-15(11-13-16)21-26-25-20(28-21)14-29-22-24-18-8-4-5-9-19(18)27(22)17-6-2-1-3-7-17/h1-3,6-7,10-13H,4-5,8-9,14H2. The van der Waals surface area contributed by atoms with Gasteiger partial charge in [-0.3, -0.25) is 4.57 Å². The average Bonchev–Trinajstić information content (AvgIpc) is 3.38. The maximum Gasteiger partial charge on any atom is 0.247 e. The molecular formula is C22H19ClN4OS. The second-order valence-electron chi connectivity index (χ2n) is 6.96. The molecule has 0 atom stereocenters. The normalized spacial score (nSPS) is 13.4. The molecule has 0 radical (unpaired) electrons. The zero-order chi connectivity index (χ0) is 19.6. The molecule has 29 heavy (non-hydrogen) atoms.